The van der Waals surface area contributed by atoms with Gasteiger partial charge in [0.1, 0.15) is 0 Å². The van der Waals surface area contributed by atoms with E-state index >= 15 is 0 Å². The number of nitrogens with zero attached hydrogens (tertiary/aromatic N) is 1. The Morgan fingerprint density at radius 2 is 0.833 bits per heavy atom. The molecule has 0 heterocycles. The molecular formula is C4H13NS. The van der Waals surface area contributed by atoms with Crippen molar-refractivity contribution in [3.05, 3.63) is 0 Å². The highest BCUT2D eigenvalue weighted by atomic mass is 32.1. The first kappa shape index (κ1) is 9.58. The normalized spacial score (nSPS) is 10.0. The van der Waals surface area contributed by atoms with Crippen LogP contribution in [-0.4, -0.2) is 32.7 Å². The zero-order valence-corrected chi connectivity index (χ0v) is 5.79. The summed E-state index contributed by atoms with van der Waals surface area (Å²) in [6.45, 7) is 0. The van der Waals surface area contributed by atoms with Crippen LogP contribution >= 0.6 is 0 Å². The number of rotatable bonds is 0. The lowest BCUT2D eigenvalue weighted by atomic mass is 10.8. The van der Waals surface area contributed by atoms with Gasteiger partial charge in [-0.05, 0) is 0 Å². The lowest BCUT2D eigenvalue weighted by Crippen LogP contribution is -2.27. The van der Waals surface area contributed by atoms with Gasteiger partial charge in [-0.15, -0.1) is 0 Å². The van der Waals surface area contributed by atoms with Gasteiger partial charge in [0.05, 0.1) is 28.2 Å². The van der Waals surface area contributed by atoms with Crippen molar-refractivity contribution in [3.63, 3.8) is 0 Å². The molecule has 0 amide bonds. The zero-order chi connectivity index (χ0) is 4.50. The quantitative estimate of drug-likeness (QED) is 0.239. The summed E-state index contributed by atoms with van der Waals surface area (Å²) in [5, 5.41) is 0. The van der Waals surface area contributed by atoms with Crippen LogP contribution in [0.4, 0.5) is 0 Å². The summed E-state index contributed by atoms with van der Waals surface area (Å²) in [5.41, 5.74) is 0. The molecule has 0 saturated heterocycles. The summed E-state index contributed by atoms with van der Waals surface area (Å²) in [6, 6.07) is 0. The second-order valence-corrected chi connectivity index (χ2v) is 2.68. The SMILES string of the molecule is C[N+](C)(C)C.[SH-]. The van der Waals surface area contributed by atoms with Crippen LogP contribution in [0.3, 0.4) is 0 Å². The van der Waals surface area contributed by atoms with Crippen LogP contribution < -0.4 is 0 Å². The largest absolute Gasteiger partial charge is 0.813 e. The van der Waals surface area contributed by atoms with Gasteiger partial charge in [0.2, 0.25) is 0 Å². The van der Waals surface area contributed by atoms with Crippen LogP contribution in [0.25, 0.3) is 0 Å². The van der Waals surface area contributed by atoms with Crippen molar-refractivity contribution < 1.29 is 4.48 Å². The van der Waals surface area contributed by atoms with E-state index < -0.39 is 0 Å². The van der Waals surface area contributed by atoms with Gasteiger partial charge in [-0.3, -0.25) is 0 Å². The van der Waals surface area contributed by atoms with Gasteiger partial charge in [-0.25, -0.2) is 0 Å². The Labute approximate surface area is 47.0 Å². The summed E-state index contributed by atoms with van der Waals surface area (Å²) >= 11 is 0. The standard InChI is InChI=1S/C4H12N.H2S/c1-5(2,3)4;/h1-4H3;1H2/q+1;/p-1. The van der Waals surface area contributed by atoms with Crippen molar-refractivity contribution in [2.45, 2.75) is 0 Å². The lowest BCUT2D eigenvalue weighted by molar-refractivity contribution is -0.849. The van der Waals surface area contributed by atoms with Crippen LogP contribution in [0.5, 0.6) is 0 Å². The maximum Gasteiger partial charge on any atom is 0.0675 e. The molecule has 0 aromatic heterocycles. The van der Waals surface area contributed by atoms with E-state index in [1.807, 2.05) is 0 Å². The van der Waals surface area contributed by atoms with E-state index in [4.69, 9.17) is 0 Å². The number of hydrogen-bond donors (Lipinski definition) is 0. The molecule has 0 spiro atoms. The minimum Gasteiger partial charge on any atom is -0.813 e. The van der Waals surface area contributed by atoms with E-state index in [0.717, 1.165) is 4.48 Å². The predicted octanol–water partition coefficient (Wildman–Crippen LogP) is 0.0523. The van der Waals surface area contributed by atoms with Gasteiger partial charge < -0.3 is 18.0 Å². The molecule has 0 aromatic rings. The molecule has 0 bridgehead atoms. The Hall–Kier alpha value is 0.310. The van der Waals surface area contributed by atoms with E-state index in [1.165, 1.54) is 0 Å². The highest BCUT2D eigenvalue weighted by Crippen LogP contribution is 1.73. The van der Waals surface area contributed by atoms with Gasteiger partial charge >= 0.3 is 0 Å². The third kappa shape index (κ3) is 491. The monoisotopic (exact) mass is 107 g/mol. The molecule has 0 aliphatic carbocycles. The van der Waals surface area contributed by atoms with Gasteiger partial charge in [0.25, 0.3) is 0 Å². The molecule has 2 heteroatoms. The average Bonchev–Trinajstić information content (AvgIpc) is 0.722. The molecule has 6 heavy (non-hydrogen) atoms. The van der Waals surface area contributed by atoms with E-state index in [9.17, 15) is 0 Å². The fourth-order valence-electron chi connectivity index (χ4n) is 0. The topological polar surface area (TPSA) is 0 Å². The van der Waals surface area contributed by atoms with Crippen molar-refractivity contribution in [2.75, 3.05) is 28.2 Å². The first-order valence-electron chi connectivity index (χ1n) is 1.79. The minimum absolute atomic E-state index is 0. The summed E-state index contributed by atoms with van der Waals surface area (Å²) in [5.74, 6) is 0. The fourth-order valence-corrected chi connectivity index (χ4v) is 0. The lowest BCUT2D eigenvalue weighted by Gasteiger charge is -2.14. The third-order valence-electron chi connectivity index (χ3n) is 0. The Bertz CT molecular complexity index is 23.0. The van der Waals surface area contributed by atoms with E-state index in [1.54, 1.807) is 0 Å². The van der Waals surface area contributed by atoms with Crippen LogP contribution in [-0.2, 0) is 13.5 Å². The maximum absolute atomic E-state index is 2.12. The van der Waals surface area contributed by atoms with Crippen LogP contribution in [0.2, 0.25) is 0 Å². The van der Waals surface area contributed by atoms with Crippen LogP contribution in [0.15, 0.2) is 0 Å². The Morgan fingerprint density at radius 1 is 0.833 bits per heavy atom. The molecule has 40 valence electrons. The highest BCUT2D eigenvalue weighted by molar-refractivity contribution is 7.37. The van der Waals surface area contributed by atoms with E-state index in [2.05, 4.69) is 28.2 Å². The second-order valence-electron chi connectivity index (χ2n) is 2.68. The third-order valence-corrected chi connectivity index (χ3v) is 0. The summed E-state index contributed by atoms with van der Waals surface area (Å²) < 4.78 is 1.00. The highest BCUT2D eigenvalue weighted by Gasteiger charge is 1.88. The molecule has 1 nitrogen and oxygen atoms in total. The smallest absolute Gasteiger partial charge is 0.0675 e. The van der Waals surface area contributed by atoms with E-state index in [0.29, 0.717) is 0 Å². The molecule has 0 radical (unpaired) electrons. The van der Waals surface area contributed by atoms with Crippen molar-refractivity contribution in [3.8, 4) is 0 Å². The molecule has 0 aliphatic heterocycles. The van der Waals surface area contributed by atoms with Crippen molar-refractivity contribution in [1.29, 1.82) is 0 Å². The van der Waals surface area contributed by atoms with Crippen molar-refractivity contribution in [1.82, 2.24) is 0 Å². The fraction of sp³-hybridized carbons (Fsp3) is 1.00. The average molecular weight is 107 g/mol. The molecule has 0 fully saturated rings. The zero-order valence-electron chi connectivity index (χ0n) is 4.89. The number of hydrogen-bond acceptors (Lipinski definition) is 1. The van der Waals surface area contributed by atoms with Gasteiger partial charge in [0, 0.05) is 0 Å². The maximum atomic E-state index is 2.12. The van der Waals surface area contributed by atoms with Crippen molar-refractivity contribution in [2.24, 2.45) is 0 Å². The summed E-state index contributed by atoms with van der Waals surface area (Å²) in [7, 11) is 8.50. The molecule has 0 saturated carbocycles. The molecule has 0 rings (SSSR count). The van der Waals surface area contributed by atoms with Gasteiger partial charge in [0.15, 0.2) is 0 Å². The molecule has 0 unspecified atom stereocenters. The van der Waals surface area contributed by atoms with E-state index in [-0.39, 0.29) is 13.5 Å². The Balaban J connectivity index is 0. The Kier molecular flexibility index (Phi) is 3.95. The van der Waals surface area contributed by atoms with Crippen LogP contribution in [0, 0.1) is 0 Å². The molecule has 0 N–H and O–H groups in total. The summed E-state index contributed by atoms with van der Waals surface area (Å²) in [6.07, 6.45) is 0. The minimum atomic E-state index is 0. The van der Waals surface area contributed by atoms with Crippen LogP contribution in [0.1, 0.15) is 0 Å². The molecule has 0 aliphatic rings. The summed E-state index contributed by atoms with van der Waals surface area (Å²) in [4.78, 5) is 0. The first-order valence-corrected chi connectivity index (χ1v) is 1.79. The second kappa shape index (κ2) is 2.48. The Morgan fingerprint density at radius 3 is 0.833 bits per heavy atom. The number of thiol groups is 1. The molecule has 0 atom stereocenters. The number of quaternary nitrogens is 1. The predicted molar refractivity (Wildman–Crippen MR) is 32.7 cm³/mol. The van der Waals surface area contributed by atoms with Crippen molar-refractivity contribution >= 4 is 13.5 Å². The first-order chi connectivity index (χ1) is 2.00. The molecular weight excluding hydrogens is 94.1 g/mol. The van der Waals surface area contributed by atoms with Gasteiger partial charge in [-0.2, -0.15) is 0 Å². The van der Waals surface area contributed by atoms with Gasteiger partial charge in [-0.1, -0.05) is 0 Å². The molecule has 0 aromatic carbocycles.